The molecular formula is C17H17BrClNO3. The van der Waals surface area contributed by atoms with Crippen molar-refractivity contribution in [3.05, 3.63) is 45.7 Å². The summed E-state index contributed by atoms with van der Waals surface area (Å²) in [4.78, 5) is 16.5. The number of methoxy groups -OCH3 is 1. The van der Waals surface area contributed by atoms with Crippen LogP contribution in [0.25, 0.3) is 11.1 Å². The van der Waals surface area contributed by atoms with Gasteiger partial charge in [0.1, 0.15) is 16.5 Å². The van der Waals surface area contributed by atoms with Crippen molar-refractivity contribution in [1.29, 1.82) is 0 Å². The van der Waals surface area contributed by atoms with Crippen molar-refractivity contribution < 1.29 is 14.3 Å². The third kappa shape index (κ3) is 4.45. The molecule has 0 saturated heterocycles. The molecule has 0 aliphatic carbocycles. The highest BCUT2D eigenvalue weighted by molar-refractivity contribution is 9.10. The summed E-state index contributed by atoms with van der Waals surface area (Å²) in [5.41, 5.74) is 1.19. The van der Waals surface area contributed by atoms with Gasteiger partial charge in [-0.1, -0.05) is 27.5 Å². The number of rotatable bonds is 3. The van der Waals surface area contributed by atoms with E-state index < -0.39 is 11.6 Å². The number of aromatic nitrogens is 1. The van der Waals surface area contributed by atoms with Crippen molar-refractivity contribution in [1.82, 2.24) is 4.98 Å². The van der Waals surface area contributed by atoms with E-state index in [0.29, 0.717) is 27.6 Å². The Morgan fingerprint density at radius 2 is 1.91 bits per heavy atom. The van der Waals surface area contributed by atoms with Crippen LogP contribution in [0.4, 0.5) is 0 Å². The van der Waals surface area contributed by atoms with Crippen LogP contribution in [0.5, 0.6) is 5.75 Å². The second-order valence-electron chi connectivity index (χ2n) is 5.90. The molecule has 23 heavy (non-hydrogen) atoms. The minimum atomic E-state index is -0.582. The molecule has 0 radical (unpaired) electrons. The predicted molar refractivity (Wildman–Crippen MR) is 94.1 cm³/mol. The Morgan fingerprint density at radius 1 is 1.22 bits per heavy atom. The molecule has 2 rings (SSSR count). The minimum Gasteiger partial charge on any atom is -0.494 e. The Balaban J connectivity index is 2.61. The van der Waals surface area contributed by atoms with Gasteiger partial charge in [-0.2, -0.15) is 0 Å². The summed E-state index contributed by atoms with van der Waals surface area (Å²) in [6.45, 7) is 5.48. The summed E-state index contributed by atoms with van der Waals surface area (Å²) < 4.78 is 11.7. The maximum atomic E-state index is 12.5. The number of ether oxygens (including phenoxy) is 2. The van der Waals surface area contributed by atoms with Crippen LogP contribution in [0.2, 0.25) is 5.15 Å². The van der Waals surface area contributed by atoms with Gasteiger partial charge in [-0.05, 0) is 45.0 Å². The van der Waals surface area contributed by atoms with E-state index in [1.807, 2.05) is 26.8 Å². The van der Waals surface area contributed by atoms with Crippen LogP contribution in [-0.4, -0.2) is 23.7 Å². The summed E-state index contributed by atoms with van der Waals surface area (Å²) in [7, 11) is 1.54. The Labute approximate surface area is 148 Å². The Kier molecular flexibility index (Phi) is 5.32. The SMILES string of the molecule is COc1cnc(Cl)cc1-c1cc(Br)ccc1C(=O)OC(C)(C)C. The topological polar surface area (TPSA) is 48.4 Å². The number of carbonyl (C=O) groups is 1. The largest absolute Gasteiger partial charge is 0.494 e. The molecule has 122 valence electrons. The highest BCUT2D eigenvalue weighted by atomic mass is 79.9. The quantitative estimate of drug-likeness (QED) is 0.531. The molecule has 1 aromatic heterocycles. The van der Waals surface area contributed by atoms with E-state index in [1.165, 1.54) is 6.20 Å². The average molecular weight is 399 g/mol. The van der Waals surface area contributed by atoms with Crippen LogP contribution in [-0.2, 0) is 4.74 Å². The highest BCUT2D eigenvalue weighted by Gasteiger charge is 2.22. The van der Waals surface area contributed by atoms with Gasteiger partial charge in [0.05, 0.1) is 18.9 Å². The van der Waals surface area contributed by atoms with Crippen molar-refractivity contribution in [3.8, 4) is 16.9 Å². The Hall–Kier alpha value is -1.59. The van der Waals surface area contributed by atoms with Crippen molar-refractivity contribution >= 4 is 33.5 Å². The second kappa shape index (κ2) is 6.89. The van der Waals surface area contributed by atoms with E-state index in [4.69, 9.17) is 21.1 Å². The first-order chi connectivity index (χ1) is 10.7. The van der Waals surface area contributed by atoms with E-state index in [2.05, 4.69) is 20.9 Å². The third-order valence-corrected chi connectivity index (χ3v) is 3.64. The number of hydrogen-bond donors (Lipinski definition) is 0. The van der Waals surface area contributed by atoms with E-state index in [-0.39, 0.29) is 0 Å². The number of benzene rings is 1. The van der Waals surface area contributed by atoms with Crippen LogP contribution in [0.1, 0.15) is 31.1 Å². The first kappa shape index (κ1) is 17.8. The van der Waals surface area contributed by atoms with Crippen molar-refractivity contribution in [2.75, 3.05) is 7.11 Å². The van der Waals surface area contributed by atoms with Gasteiger partial charge < -0.3 is 9.47 Å². The highest BCUT2D eigenvalue weighted by Crippen LogP contribution is 2.35. The molecule has 0 N–H and O–H groups in total. The molecule has 0 atom stereocenters. The zero-order chi connectivity index (χ0) is 17.2. The maximum Gasteiger partial charge on any atom is 0.339 e. The molecule has 0 aliphatic rings. The van der Waals surface area contributed by atoms with Crippen LogP contribution < -0.4 is 4.74 Å². The summed E-state index contributed by atoms with van der Waals surface area (Å²) in [6.07, 6.45) is 1.53. The number of halogens is 2. The monoisotopic (exact) mass is 397 g/mol. The van der Waals surface area contributed by atoms with Crippen molar-refractivity contribution in [2.24, 2.45) is 0 Å². The molecule has 2 aromatic rings. The Bertz CT molecular complexity index is 741. The molecule has 0 aliphatic heterocycles. The first-order valence-corrected chi connectivity index (χ1v) is 8.11. The molecule has 1 aromatic carbocycles. The zero-order valence-corrected chi connectivity index (χ0v) is 15.7. The molecular weight excluding hydrogens is 382 g/mol. The lowest BCUT2D eigenvalue weighted by Crippen LogP contribution is -2.24. The van der Waals surface area contributed by atoms with Gasteiger partial charge in [0, 0.05) is 15.6 Å². The van der Waals surface area contributed by atoms with Gasteiger partial charge in [-0.15, -0.1) is 0 Å². The zero-order valence-electron chi connectivity index (χ0n) is 13.3. The van der Waals surface area contributed by atoms with E-state index in [9.17, 15) is 4.79 Å². The number of esters is 1. The van der Waals surface area contributed by atoms with E-state index in [0.717, 1.165) is 4.47 Å². The molecule has 0 spiro atoms. The van der Waals surface area contributed by atoms with Crippen LogP contribution in [0, 0.1) is 0 Å². The van der Waals surface area contributed by atoms with Gasteiger partial charge in [-0.3, -0.25) is 0 Å². The molecule has 0 fully saturated rings. The van der Waals surface area contributed by atoms with Crippen molar-refractivity contribution in [3.63, 3.8) is 0 Å². The lowest BCUT2D eigenvalue weighted by atomic mass is 9.99. The van der Waals surface area contributed by atoms with E-state index in [1.54, 1.807) is 25.3 Å². The molecule has 0 unspecified atom stereocenters. The lowest BCUT2D eigenvalue weighted by molar-refractivity contribution is 0.00704. The Morgan fingerprint density at radius 3 is 2.52 bits per heavy atom. The molecule has 4 nitrogen and oxygen atoms in total. The lowest BCUT2D eigenvalue weighted by Gasteiger charge is -2.21. The van der Waals surface area contributed by atoms with Crippen LogP contribution in [0.3, 0.4) is 0 Å². The number of carbonyl (C=O) groups excluding carboxylic acids is 1. The number of nitrogens with zero attached hydrogens (tertiary/aromatic N) is 1. The van der Waals surface area contributed by atoms with Crippen LogP contribution >= 0.6 is 27.5 Å². The summed E-state index contributed by atoms with van der Waals surface area (Å²) in [5.74, 6) is 0.118. The fourth-order valence-corrected chi connectivity index (χ4v) is 2.56. The number of pyridine rings is 1. The standard InChI is InChI=1S/C17H17BrClNO3/c1-17(2,3)23-16(21)11-6-5-10(18)7-12(11)13-8-15(19)20-9-14(13)22-4/h5-9H,1-4H3. The normalized spacial score (nSPS) is 11.2. The fourth-order valence-electron chi connectivity index (χ4n) is 2.04. The van der Waals surface area contributed by atoms with Gasteiger partial charge >= 0.3 is 5.97 Å². The average Bonchev–Trinajstić information content (AvgIpc) is 2.45. The summed E-state index contributed by atoms with van der Waals surface area (Å²) in [6, 6.07) is 6.99. The molecule has 0 bridgehead atoms. The van der Waals surface area contributed by atoms with Crippen molar-refractivity contribution in [2.45, 2.75) is 26.4 Å². The summed E-state index contributed by atoms with van der Waals surface area (Å²) >= 11 is 9.43. The van der Waals surface area contributed by atoms with Crippen LogP contribution in [0.15, 0.2) is 34.9 Å². The molecule has 1 heterocycles. The third-order valence-electron chi connectivity index (χ3n) is 2.94. The van der Waals surface area contributed by atoms with Gasteiger partial charge in [0.2, 0.25) is 0 Å². The van der Waals surface area contributed by atoms with Gasteiger partial charge in [0.15, 0.2) is 0 Å². The fraction of sp³-hybridized carbons (Fsp3) is 0.294. The first-order valence-electron chi connectivity index (χ1n) is 6.94. The predicted octanol–water partition coefficient (Wildman–Crippen LogP) is 5.13. The van der Waals surface area contributed by atoms with Gasteiger partial charge in [-0.25, -0.2) is 9.78 Å². The smallest absolute Gasteiger partial charge is 0.339 e. The maximum absolute atomic E-state index is 12.5. The second-order valence-corrected chi connectivity index (χ2v) is 7.20. The molecule has 6 heteroatoms. The van der Waals surface area contributed by atoms with Gasteiger partial charge in [0.25, 0.3) is 0 Å². The molecule has 0 amide bonds. The summed E-state index contributed by atoms with van der Waals surface area (Å²) in [5, 5.41) is 0.316. The number of hydrogen-bond acceptors (Lipinski definition) is 4. The minimum absolute atomic E-state index is 0.316. The molecule has 0 saturated carbocycles. The van der Waals surface area contributed by atoms with E-state index >= 15 is 0 Å².